The van der Waals surface area contributed by atoms with Crippen molar-refractivity contribution in [2.45, 2.75) is 45.7 Å². The number of hydrogen-bond donors (Lipinski definition) is 1. The Balaban J connectivity index is 2.10. The number of carbonyl (C=O) groups excluding carboxylic acids is 2. The van der Waals surface area contributed by atoms with Gasteiger partial charge in [0.05, 0.1) is 7.11 Å². The molecule has 1 aliphatic rings. The molecule has 6 nitrogen and oxygen atoms in total. The smallest absolute Gasteiger partial charge is 0.255 e. The van der Waals surface area contributed by atoms with Gasteiger partial charge in [-0.15, -0.1) is 0 Å². The van der Waals surface area contributed by atoms with Gasteiger partial charge in [-0.05, 0) is 49.5 Å². The number of primary amides is 1. The van der Waals surface area contributed by atoms with Crippen molar-refractivity contribution in [3.8, 4) is 11.5 Å². The van der Waals surface area contributed by atoms with Crippen LogP contribution in [0.4, 0.5) is 0 Å². The molecule has 0 aliphatic heterocycles. The SMILES string of the molecule is COc1cc(C=CC(=O)N(C2CC2)C(C)C(C)C)ccc1OCC(N)=O. The Labute approximate surface area is 154 Å². The number of nitrogens with two attached hydrogens (primary N) is 1. The first kappa shape index (κ1) is 19.8. The molecule has 1 aliphatic carbocycles. The molecule has 0 radical (unpaired) electrons. The van der Waals surface area contributed by atoms with Gasteiger partial charge in [-0.2, -0.15) is 0 Å². The van der Waals surface area contributed by atoms with E-state index in [4.69, 9.17) is 15.2 Å². The third-order valence-corrected chi connectivity index (χ3v) is 4.57. The summed E-state index contributed by atoms with van der Waals surface area (Å²) in [7, 11) is 1.52. The van der Waals surface area contributed by atoms with E-state index in [1.54, 1.807) is 30.4 Å². The van der Waals surface area contributed by atoms with Gasteiger partial charge in [0, 0.05) is 18.2 Å². The average molecular weight is 360 g/mol. The Morgan fingerprint density at radius 2 is 1.96 bits per heavy atom. The Kier molecular flexibility index (Phi) is 6.66. The monoisotopic (exact) mass is 360 g/mol. The van der Waals surface area contributed by atoms with Crippen LogP contribution < -0.4 is 15.2 Å². The number of methoxy groups -OCH3 is 1. The molecule has 2 N–H and O–H groups in total. The Morgan fingerprint density at radius 3 is 2.50 bits per heavy atom. The predicted molar refractivity (Wildman–Crippen MR) is 101 cm³/mol. The fourth-order valence-corrected chi connectivity index (χ4v) is 2.70. The van der Waals surface area contributed by atoms with Gasteiger partial charge in [-0.1, -0.05) is 19.9 Å². The molecule has 0 bridgehead atoms. The van der Waals surface area contributed by atoms with Crippen LogP contribution in [-0.4, -0.2) is 42.5 Å². The van der Waals surface area contributed by atoms with Crippen LogP contribution in [0.5, 0.6) is 11.5 Å². The zero-order chi connectivity index (χ0) is 19.3. The third-order valence-electron chi connectivity index (χ3n) is 4.57. The molecule has 26 heavy (non-hydrogen) atoms. The summed E-state index contributed by atoms with van der Waals surface area (Å²) in [5, 5.41) is 0. The fraction of sp³-hybridized carbons (Fsp3) is 0.500. The molecule has 0 aromatic heterocycles. The van der Waals surface area contributed by atoms with E-state index in [9.17, 15) is 9.59 Å². The van der Waals surface area contributed by atoms with E-state index in [1.807, 2.05) is 4.90 Å². The zero-order valence-electron chi connectivity index (χ0n) is 15.9. The number of ether oxygens (including phenoxy) is 2. The molecular formula is C20H28N2O4. The lowest BCUT2D eigenvalue weighted by molar-refractivity contribution is -0.129. The molecule has 2 amide bonds. The maximum atomic E-state index is 12.7. The highest BCUT2D eigenvalue weighted by atomic mass is 16.5. The number of benzene rings is 1. The Morgan fingerprint density at radius 1 is 1.27 bits per heavy atom. The van der Waals surface area contributed by atoms with Crippen LogP contribution in [-0.2, 0) is 9.59 Å². The molecule has 1 aromatic carbocycles. The summed E-state index contributed by atoms with van der Waals surface area (Å²) in [6.07, 6.45) is 5.54. The van der Waals surface area contributed by atoms with Crippen molar-refractivity contribution < 1.29 is 19.1 Å². The second-order valence-corrected chi connectivity index (χ2v) is 6.96. The van der Waals surface area contributed by atoms with Crippen molar-refractivity contribution in [3.05, 3.63) is 29.8 Å². The van der Waals surface area contributed by atoms with Crippen molar-refractivity contribution in [1.29, 1.82) is 0 Å². The fourth-order valence-electron chi connectivity index (χ4n) is 2.70. The second-order valence-electron chi connectivity index (χ2n) is 6.96. The molecule has 0 saturated heterocycles. The van der Waals surface area contributed by atoms with Crippen LogP contribution in [0, 0.1) is 5.92 Å². The van der Waals surface area contributed by atoms with Crippen molar-refractivity contribution in [2.75, 3.05) is 13.7 Å². The van der Waals surface area contributed by atoms with Gasteiger partial charge in [-0.25, -0.2) is 0 Å². The van der Waals surface area contributed by atoms with Gasteiger partial charge in [0.1, 0.15) is 0 Å². The molecule has 0 heterocycles. The Hall–Kier alpha value is -2.50. The van der Waals surface area contributed by atoms with E-state index < -0.39 is 5.91 Å². The first-order chi connectivity index (χ1) is 12.3. The normalized spacial score (nSPS) is 15.1. The second kappa shape index (κ2) is 8.74. The number of nitrogens with zero attached hydrogens (tertiary/aromatic N) is 1. The third kappa shape index (κ3) is 5.25. The molecule has 1 aromatic rings. The number of amides is 2. The minimum Gasteiger partial charge on any atom is -0.493 e. The molecule has 1 fully saturated rings. The predicted octanol–water partition coefficient (Wildman–Crippen LogP) is 2.61. The lowest BCUT2D eigenvalue weighted by atomic mass is 10.0. The van der Waals surface area contributed by atoms with Crippen LogP contribution in [0.1, 0.15) is 39.2 Å². The number of rotatable bonds is 9. The van der Waals surface area contributed by atoms with Gasteiger partial charge in [0.2, 0.25) is 5.91 Å². The van der Waals surface area contributed by atoms with Crippen LogP contribution in [0.25, 0.3) is 6.08 Å². The summed E-state index contributed by atoms with van der Waals surface area (Å²) in [5.74, 6) is 0.802. The van der Waals surface area contributed by atoms with Gasteiger partial charge in [0.15, 0.2) is 18.1 Å². The number of hydrogen-bond acceptors (Lipinski definition) is 4. The van der Waals surface area contributed by atoms with Crippen molar-refractivity contribution in [2.24, 2.45) is 11.7 Å². The topological polar surface area (TPSA) is 81.9 Å². The quantitative estimate of drug-likeness (QED) is 0.686. The first-order valence-electron chi connectivity index (χ1n) is 8.93. The van der Waals surface area contributed by atoms with E-state index in [2.05, 4.69) is 20.8 Å². The molecule has 0 spiro atoms. The average Bonchev–Trinajstić information content (AvgIpc) is 3.43. The highest BCUT2D eigenvalue weighted by molar-refractivity contribution is 5.92. The summed E-state index contributed by atoms with van der Waals surface area (Å²) in [6.45, 7) is 6.15. The summed E-state index contributed by atoms with van der Waals surface area (Å²) in [4.78, 5) is 25.5. The van der Waals surface area contributed by atoms with Crippen LogP contribution in [0.2, 0.25) is 0 Å². The summed E-state index contributed by atoms with van der Waals surface area (Å²) in [6, 6.07) is 5.83. The summed E-state index contributed by atoms with van der Waals surface area (Å²) < 4.78 is 10.6. The molecule has 2 rings (SSSR count). The van der Waals surface area contributed by atoms with E-state index in [1.165, 1.54) is 7.11 Å². The largest absolute Gasteiger partial charge is 0.493 e. The van der Waals surface area contributed by atoms with Gasteiger partial charge in [0.25, 0.3) is 5.91 Å². The van der Waals surface area contributed by atoms with Gasteiger partial charge >= 0.3 is 0 Å². The van der Waals surface area contributed by atoms with Crippen molar-refractivity contribution in [3.63, 3.8) is 0 Å². The highest BCUT2D eigenvalue weighted by Crippen LogP contribution is 2.31. The number of carbonyl (C=O) groups is 2. The highest BCUT2D eigenvalue weighted by Gasteiger charge is 2.35. The minimum atomic E-state index is -0.555. The van der Waals surface area contributed by atoms with E-state index in [0.717, 1.165) is 18.4 Å². The van der Waals surface area contributed by atoms with Crippen molar-refractivity contribution >= 4 is 17.9 Å². The molecular weight excluding hydrogens is 332 g/mol. The first-order valence-corrected chi connectivity index (χ1v) is 8.93. The van der Waals surface area contributed by atoms with Gasteiger partial charge < -0.3 is 20.1 Å². The van der Waals surface area contributed by atoms with Gasteiger partial charge in [-0.3, -0.25) is 9.59 Å². The molecule has 1 saturated carbocycles. The molecule has 1 atom stereocenters. The summed E-state index contributed by atoms with van der Waals surface area (Å²) in [5.41, 5.74) is 5.90. The van der Waals surface area contributed by atoms with E-state index >= 15 is 0 Å². The lowest BCUT2D eigenvalue weighted by Crippen LogP contribution is -2.42. The molecule has 1 unspecified atom stereocenters. The standard InChI is InChI=1S/C20H28N2O4/c1-13(2)14(3)22(16-7-8-16)20(24)10-6-15-5-9-17(18(11-15)25-4)26-12-19(21)23/h5-6,9-11,13-14,16H,7-8,12H2,1-4H3,(H2,21,23). The maximum absolute atomic E-state index is 12.7. The maximum Gasteiger partial charge on any atom is 0.255 e. The summed E-state index contributed by atoms with van der Waals surface area (Å²) >= 11 is 0. The minimum absolute atomic E-state index is 0.0294. The Bertz CT molecular complexity index is 680. The van der Waals surface area contributed by atoms with Crippen LogP contribution >= 0.6 is 0 Å². The van der Waals surface area contributed by atoms with Crippen LogP contribution in [0.3, 0.4) is 0 Å². The van der Waals surface area contributed by atoms with E-state index in [0.29, 0.717) is 23.5 Å². The zero-order valence-corrected chi connectivity index (χ0v) is 15.9. The van der Waals surface area contributed by atoms with E-state index in [-0.39, 0.29) is 18.6 Å². The molecule has 142 valence electrons. The molecule has 6 heteroatoms. The van der Waals surface area contributed by atoms with Crippen molar-refractivity contribution in [1.82, 2.24) is 4.90 Å². The lowest BCUT2D eigenvalue weighted by Gasteiger charge is -2.31. The van der Waals surface area contributed by atoms with Crippen LogP contribution in [0.15, 0.2) is 24.3 Å².